The lowest BCUT2D eigenvalue weighted by molar-refractivity contribution is 0.661. The molecule has 0 saturated carbocycles. The van der Waals surface area contributed by atoms with Crippen LogP contribution in [0.15, 0.2) is 206 Å². The van der Waals surface area contributed by atoms with Crippen LogP contribution >= 0.6 is 0 Å². The predicted molar refractivity (Wildman–Crippen MR) is 253 cm³/mol. The fourth-order valence-corrected chi connectivity index (χ4v) is 10.7. The molecule has 0 saturated heterocycles. The Morgan fingerprint density at radius 3 is 1.08 bits per heavy atom. The predicted octanol–water partition coefficient (Wildman–Crippen LogP) is 16.4. The molecule has 0 heterocycles. The van der Waals surface area contributed by atoms with Crippen LogP contribution in [-0.2, 0) is 5.41 Å². The van der Waals surface area contributed by atoms with Crippen LogP contribution in [0.25, 0.3) is 109 Å². The van der Waals surface area contributed by atoms with Crippen molar-refractivity contribution in [3.63, 3.8) is 0 Å². The van der Waals surface area contributed by atoms with Crippen LogP contribution in [0.5, 0.6) is 0 Å². The molecule has 0 fully saturated rings. The lowest BCUT2D eigenvalue weighted by Gasteiger charge is -2.24. The SMILES string of the molecule is CC1(C)c2ccccc2-c2c1cc(-c1c3ccccc3c(-c3cccc(-c4c5ccccc5c(-c5ccccc5)c5ccccc45)c3)c3ccccc13)c1ccccc21. The van der Waals surface area contributed by atoms with Crippen molar-refractivity contribution < 1.29 is 0 Å². The van der Waals surface area contributed by atoms with Crippen molar-refractivity contribution in [2.75, 3.05) is 0 Å². The molecule has 0 aromatic heterocycles. The van der Waals surface area contributed by atoms with Crippen molar-refractivity contribution in [1.82, 2.24) is 0 Å². The summed E-state index contributed by atoms with van der Waals surface area (Å²) in [5, 5.41) is 12.8. The Labute approximate surface area is 344 Å². The van der Waals surface area contributed by atoms with Crippen molar-refractivity contribution in [3.05, 3.63) is 217 Å². The number of hydrogen-bond donors (Lipinski definition) is 0. The van der Waals surface area contributed by atoms with Crippen molar-refractivity contribution >= 4 is 53.9 Å². The summed E-state index contributed by atoms with van der Waals surface area (Å²) < 4.78 is 0. The third-order valence-corrected chi connectivity index (χ3v) is 13.2. The van der Waals surface area contributed by atoms with E-state index in [2.05, 4.69) is 220 Å². The van der Waals surface area contributed by atoms with Crippen molar-refractivity contribution in [2.45, 2.75) is 19.3 Å². The molecule has 0 amide bonds. The minimum Gasteiger partial charge on any atom is -0.0622 e. The first-order chi connectivity index (χ1) is 29.1. The zero-order valence-electron chi connectivity index (χ0n) is 33.1. The van der Waals surface area contributed by atoms with E-state index in [9.17, 15) is 0 Å². The van der Waals surface area contributed by atoms with E-state index in [0.717, 1.165) is 0 Å². The van der Waals surface area contributed by atoms with E-state index in [1.54, 1.807) is 0 Å². The van der Waals surface area contributed by atoms with E-state index in [1.807, 2.05) is 0 Å². The molecule has 0 N–H and O–H groups in total. The highest BCUT2D eigenvalue weighted by atomic mass is 14.4. The normalized spacial score (nSPS) is 13.1. The van der Waals surface area contributed by atoms with Gasteiger partial charge in [-0.2, -0.15) is 0 Å². The molecule has 1 aliphatic rings. The van der Waals surface area contributed by atoms with Gasteiger partial charge in [0.05, 0.1) is 0 Å². The maximum atomic E-state index is 2.53. The van der Waals surface area contributed by atoms with Gasteiger partial charge in [-0.15, -0.1) is 0 Å². The maximum absolute atomic E-state index is 2.53. The number of hydrogen-bond acceptors (Lipinski definition) is 0. The Hall–Kier alpha value is -7.28. The Morgan fingerprint density at radius 2 is 0.593 bits per heavy atom. The summed E-state index contributed by atoms with van der Waals surface area (Å²) in [6.07, 6.45) is 0. The zero-order valence-corrected chi connectivity index (χ0v) is 33.1. The fourth-order valence-electron chi connectivity index (χ4n) is 10.7. The summed E-state index contributed by atoms with van der Waals surface area (Å²) in [5.74, 6) is 0. The van der Waals surface area contributed by atoms with Gasteiger partial charge in [-0.25, -0.2) is 0 Å². The number of fused-ring (bicyclic) bond motifs is 9. The first kappa shape index (κ1) is 33.8. The van der Waals surface area contributed by atoms with Crippen molar-refractivity contribution in [2.24, 2.45) is 0 Å². The molecule has 11 aromatic carbocycles. The monoisotopic (exact) mass is 748 g/mol. The van der Waals surface area contributed by atoms with Gasteiger partial charge in [-0.05, 0) is 133 Å². The summed E-state index contributed by atoms with van der Waals surface area (Å²) in [4.78, 5) is 0. The quantitative estimate of drug-likeness (QED) is 0.157. The average Bonchev–Trinajstić information content (AvgIpc) is 3.53. The molecule has 0 unspecified atom stereocenters. The van der Waals surface area contributed by atoms with E-state index < -0.39 is 0 Å². The molecular weight excluding hydrogens is 709 g/mol. The summed E-state index contributed by atoms with van der Waals surface area (Å²) in [6, 6.07) is 76.9. The molecule has 1 aliphatic carbocycles. The van der Waals surface area contributed by atoms with Gasteiger partial charge < -0.3 is 0 Å². The van der Waals surface area contributed by atoms with Gasteiger partial charge in [0.1, 0.15) is 0 Å². The van der Waals surface area contributed by atoms with Crippen LogP contribution in [0.1, 0.15) is 25.0 Å². The molecule has 0 heteroatoms. The molecule has 11 aromatic rings. The third kappa shape index (κ3) is 4.90. The van der Waals surface area contributed by atoms with Gasteiger partial charge in [0.25, 0.3) is 0 Å². The first-order valence-corrected chi connectivity index (χ1v) is 20.8. The Morgan fingerprint density at radius 1 is 0.237 bits per heavy atom. The van der Waals surface area contributed by atoms with Crippen LogP contribution in [0.4, 0.5) is 0 Å². The minimum absolute atomic E-state index is 0.121. The third-order valence-electron chi connectivity index (χ3n) is 13.2. The Bertz CT molecular complexity index is 3400. The molecule has 12 rings (SSSR count). The smallest absolute Gasteiger partial charge is 0.0159 e. The Kier molecular flexibility index (Phi) is 7.38. The summed E-state index contributed by atoms with van der Waals surface area (Å²) >= 11 is 0. The van der Waals surface area contributed by atoms with Crippen LogP contribution in [0.3, 0.4) is 0 Å². The zero-order chi connectivity index (χ0) is 39.2. The Balaban J connectivity index is 1.13. The highest BCUT2D eigenvalue weighted by Crippen LogP contribution is 2.55. The number of rotatable bonds is 4. The van der Waals surface area contributed by atoms with E-state index in [-0.39, 0.29) is 5.41 Å². The van der Waals surface area contributed by atoms with E-state index in [4.69, 9.17) is 0 Å². The molecule has 0 atom stereocenters. The fraction of sp³-hybridized carbons (Fsp3) is 0.0508. The van der Waals surface area contributed by atoms with Gasteiger partial charge in [0, 0.05) is 5.41 Å². The maximum Gasteiger partial charge on any atom is 0.0159 e. The standard InChI is InChI=1S/C59H40/c1-59(2)52-34-17-16-33-50(52)58-41-24-7-6-23-40(41)51(36-53(58)59)57-48-31-14-12-29-46(48)56(47-30-13-15-32-49(47)57)39-22-18-21-38(35-39)55-44-27-10-8-25-42(44)54(37-19-4-3-5-20-37)43-26-9-11-28-45(43)55/h3-36H,1-2H3. The van der Waals surface area contributed by atoms with E-state index >= 15 is 0 Å². The molecule has 0 nitrogen and oxygen atoms in total. The highest BCUT2D eigenvalue weighted by Gasteiger charge is 2.37. The van der Waals surface area contributed by atoms with Crippen LogP contribution < -0.4 is 0 Å². The molecular formula is C59H40. The second-order valence-corrected chi connectivity index (χ2v) is 16.7. The van der Waals surface area contributed by atoms with Gasteiger partial charge in [0.15, 0.2) is 0 Å². The topological polar surface area (TPSA) is 0 Å². The van der Waals surface area contributed by atoms with Crippen LogP contribution in [0, 0.1) is 0 Å². The van der Waals surface area contributed by atoms with Gasteiger partial charge in [0.2, 0.25) is 0 Å². The second-order valence-electron chi connectivity index (χ2n) is 16.7. The average molecular weight is 749 g/mol. The first-order valence-electron chi connectivity index (χ1n) is 20.8. The van der Waals surface area contributed by atoms with Crippen molar-refractivity contribution in [1.29, 1.82) is 0 Å². The molecule has 0 spiro atoms. The summed E-state index contributed by atoms with van der Waals surface area (Å²) in [5.41, 5.74) is 15.5. The largest absolute Gasteiger partial charge is 0.0622 e. The van der Waals surface area contributed by atoms with Gasteiger partial charge in [-0.3, -0.25) is 0 Å². The molecule has 0 bridgehead atoms. The van der Waals surface area contributed by atoms with E-state index in [1.165, 1.54) is 121 Å². The van der Waals surface area contributed by atoms with Gasteiger partial charge >= 0.3 is 0 Å². The molecule has 0 aliphatic heterocycles. The molecule has 59 heavy (non-hydrogen) atoms. The number of benzene rings is 11. The summed E-state index contributed by atoms with van der Waals surface area (Å²) in [7, 11) is 0. The lowest BCUT2D eigenvalue weighted by atomic mass is 9.79. The molecule has 0 radical (unpaired) electrons. The summed E-state index contributed by atoms with van der Waals surface area (Å²) in [6.45, 7) is 4.79. The second kappa shape index (κ2) is 12.9. The highest BCUT2D eigenvalue weighted by molar-refractivity contribution is 6.26. The molecule has 276 valence electrons. The minimum atomic E-state index is -0.121. The van der Waals surface area contributed by atoms with Crippen LogP contribution in [-0.4, -0.2) is 0 Å². The van der Waals surface area contributed by atoms with Gasteiger partial charge in [-0.1, -0.05) is 208 Å². The van der Waals surface area contributed by atoms with Crippen LogP contribution in [0.2, 0.25) is 0 Å². The lowest BCUT2D eigenvalue weighted by Crippen LogP contribution is -2.15. The van der Waals surface area contributed by atoms with E-state index in [0.29, 0.717) is 0 Å². The van der Waals surface area contributed by atoms with Crippen molar-refractivity contribution in [3.8, 4) is 55.6 Å².